The molecule has 40 heavy (non-hydrogen) atoms. The third kappa shape index (κ3) is 5.20. The molecule has 1 aliphatic heterocycles. The summed E-state index contributed by atoms with van der Waals surface area (Å²) in [5.41, 5.74) is 2.45. The molecule has 8 nitrogen and oxygen atoms in total. The highest BCUT2D eigenvalue weighted by atomic mass is 16.4. The summed E-state index contributed by atoms with van der Waals surface area (Å²) in [6.45, 7) is 7.38. The number of para-hydroxylation sites is 1. The average molecular weight is 547 g/mol. The number of fused-ring (bicyclic) bond motifs is 2. The topological polar surface area (TPSA) is 137 Å². The minimum Gasteiger partial charge on any atom is -0.481 e. The number of benzene rings is 1. The highest BCUT2D eigenvalue weighted by Crippen LogP contribution is 2.55. The van der Waals surface area contributed by atoms with Crippen molar-refractivity contribution in [3.05, 3.63) is 71.0 Å². The molecular weight excluding hydrogens is 508 g/mol. The summed E-state index contributed by atoms with van der Waals surface area (Å²) in [5, 5.41) is 24.9. The molecule has 2 aliphatic rings. The van der Waals surface area contributed by atoms with E-state index in [2.05, 4.69) is 10.3 Å². The SMILES string of the molecule is CC1=C(C)[C@H]2[C@H](Cc3c[nH]c4ccccc34)NC(=O)[C@@]2(C(=O)CCC(=O)O)[C@@H](/C=C/C[C@H](C)/C=C(\C)C=O)[C@@H]1O. The van der Waals surface area contributed by atoms with Gasteiger partial charge in [0.25, 0.3) is 0 Å². The Hall–Kier alpha value is -3.78. The van der Waals surface area contributed by atoms with Crippen LogP contribution in [0.5, 0.6) is 0 Å². The van der Waals surface area contributed by atoms with Crippen LogP contribution in [0.15, 0.2) is 65.4 Å². The molecule has 0 saturated carbocycles. The first kappa shape index (κ1) is 29.2. The van der Waals surface area contributed by atoms with Gasteiger partial charge < -0.3 is 20.5 Å². The van der Waals surface area contributed by atoms with Crippen LogP contribution in [0.25, 0.3) is 10.9 Å². The van der Waals surface area contributed by atoms with E-state index in [1.165, 1.54) is 0 Å². The normalized spacial score (nSPS) is 27.6. The first-order valence-corrected chi connectivity index (χ1v) is 13.8. The maximum absolute atomic E-state index is 14.0. The van der Waals surface area contributed by atoms with E-state index in [-0.39, 0.29) is 12.3 Å². The molecule has 0 bridgehead atoms. The number of nitrogens with one attached hydrogen (secondary N) is 2. The predicted molar refractivity (Wildman–Crippen MR) is 152 cm³/mol. The third-order valence-electron chi connectivity index (χ3n) is 8.71. The van der Waals surface area contributed by atoms with Gasteiger partial charge in [0.15, 0.2) is 0 Å². The molecule has 4 rings (SSSR count). The number of carbonyl (C=O) groups is 4. The van der Waals surface area contributed by atoms with E-state index in [9.17, 15) is 29.4 Å². The number of hydrogen-bond donors (Lipinski definition) is 4. The van der Waals surface area contributed by atoms with E-state index in [4.69, 9.17) is 0 Å². The summed E-state index contributed by atoms with van der Waals surface area (Å²) in [4.78, 5) is 53.7. The molecule has 1 amide bonds. The average Bonchev–Trinajstić information content (AvgIpc) is 3.46. The van der Waals surface area contributed by atoms with Gasteiger partial charge in [-0.2, -0.15) is 0 Å². The first-order chi connectivity index (χ1) is 19.0. The van der Waals surface area contributed by atoms with E-state index < -0.39 is 53.5 Å². The van der Waals surface area contributed by atoms with Crippen LogP contribution in [0, 0.1) is 23.2 Å². The van der Waals surface area contributed by atoms with Gasteiger partial charge in [0, 0.05) is 41.4 Å². The Labute approximate surface area is 234 Å². The molecule has 212 valence electrons. The number of ketones is 1. The number of aliphatic carboxylic acids is 1. The Kier molecular flexibility index (Phi) is 8.59. The number of Topliss-reactive ketones (excluding diaryl/α,β-unsaturated/α-hetero) is 1. The monoisotopic (exact) mass is 546 g/mol. The number of carbonyl (C=O) groups excluding carboxylic acids is 3. The number of aliphatic hydroxyl groups excluding tert-OH is 1. The largest absolute Gasteiger partial charge is 0.481 e. The summed E-state index contributed by atoms with van der Waals surface area (Å²) in [7, 11) is 0. The van der Waals surface area contributed by atoms with E-state index in [1.807, 2.05) is 63.4 Å². The summed E-state index contributed by atoms with van der Waals surface area (Å²) in [6.07, 6.45) is 7.39. The van der Waals surface area contributed by atoms with Gasteiger partial charge in [0.2, 0.25) is 5.91 Å². The van der Waals surface area contributed by atoms with Crippen LogP contribution >= 0.6 is 0 Å². The molecule has 2 aromatic rings. The van der Waals surface area contributed by atoms with Crippen LogP contribution in [0.2, 0.25) is 0 Å². The number of amides is 1. The lowest BCUT2D eigenvalue weighted by atomic mass is 9.54. The molecule has 4 N–H and O–H groups in total. The van der Waals surface area contributed by atoms with Crippen molar-refractivity contribution in [1.82, 2.24) is 10.3 Å². The number of allylic oxidation sites excluding steroid dienone is 3. The number of aromatic amines is 1. The Morgan fingerprint density at radius 2 is 1.88 bits per heavy atom. The summed E-state index contributed by atoms with van der Waals surface area (Å²) in [6, 6.07) is 7.46. The van der Waals surface area contributed by atoms with Gasteiger partial charge in [-0.15, -0.1) is 0 Å². The zero-order chi connectivity index (χ0) is 29.2. The van der Waals surface area contributed by atoms with Crippen molar-refractivity contribution in [3.63, 3.8) is 0 Å². The minimum atomic E-state index is -1.64. The van der Waals surface area contributed by atoms with E-state index in [0.717, 1.165) is 28.3 Å². The number of aldehydes is 1. The van der Waals surface area contributed by atoms with Crippen molar-refractivity contribution in [2.75, 3.05) is 0 Å². The Bertz CT molecular complexity index is 1420. The Morgan fingerprint density at radius 3 is 2.58 bits per heavy atom. The van der Waals surface area contributed by atoms with Gasteiger partial charge in [-0.3, -0.25) is 19.2 Å². The fraction of sp³-hybridized carbons (Fsp3) is 0.438. The van der Waals surface area contributed by atoms with Crippen molar-refractivity contribution in [2.45, 2.75) is 65.5 Å². The lowest BCUT2D eigenvalue weighted by Crippen LogP contribution is -2.55. The van der Waals surface area contributed by atoms with Crippen LogP contribution in [0.3, 0.4) is 0 Å². The van der Waals surface area contributed by atoms with Crippen molar-refractivity contribution in [3.8, 4) is 0 Å². The standard InChI is InChI=1S/C32H38N2O6/c1-18(14-19(2)17-35)8-7-10-24-30(39)21(4)20(3)29-26(15-22-16-33-25-11-6-5-9-23(22)25)34-31(40)32(24,29)27(36)12-13-28(37)38/h5-7,9-11,14,16-18,24,26,29-30,33,39H,8,12-13,15H2,1-4H3,(H,34,40)(H,37,38)/b10-7+,19-14+/t18-,24-,26-,29-,30+,32+/m0/s1. The maximum atomic E-state index is 14.0. The van der Waals surface area contributed by atoms with Gasteiger partial charge in [-0.25, -0.2) is 0 Å². The molecule has 0 spiro atoms. The van der Waals surface area contributed by atoms with Gasteiger partial charge in [0.05, 0.1) is 12.5 Å². The number of carboxylic acid groups (broad SMARTS) is 1. The second-order valence-electron chi connectivity index (χ2n) is 11.3. The zero-order valence-electron chi connectivity index (χ0n) is 23.4. The van der Waals surface area contributed by atoms with Gasteiger partial charge >= 0.3 is 5.97 Å². The van der Waals surface area contributed by atoms with Gasteiger partial charge in [-0.1, -0.05) is 48.9 Å². The minimum absolute atomic E-state index is 0.0297. The Morgan fingerprint density at radius 1 is 1.15 bits per heavy atom. The first-order valence-electron chi connectivity index (χ1n) is 13.8. The van der Waals surface area contributed by atoms with Crippen LogP contribution < -0.4 is 5.32 Å². The van der Waals surface area contributed by atoms with Gasteiger partial charge in [0.1, 0.15) is 17.5 Å². The molecule has 0 radical (unpaired) electrons. The van der Waals surface area contributed by atoms with Crippen LogP contribution in [0.4, 0.5) is 0 Å². The fourth-order valence-corrected chi connectivity index (χ4v) is 6.70. The molecule has 1 aliphatic carbocycles. The highest BCUT2D eigenvalue weighted by molar-refractivity contribution is 6.10. The molecule has 1 aromatic carbocycles. The number of aliphatic hydroxyl groups is 1. The zero-order valence-corrected chi connectivity index (χ0v) is 23.4. The number of H-pyrrole nitrogens is 1. The number of aromatic nitrogens is 1. The fourth-order valence-electron chi connectivity index (χ4n) is 6.70. The van der Waals surface area contributed by atoms with E-state index in [1.54, 1.807) is 13.0 Å². The van der Waals surface area contributed by atoms with Crippen LogP contribution in [-0.2, 0) is 25.6 Å². The predicted octanol–water partition coefficient (Wildman–Crippen LogP) is 4.30. The third-order valence-corrected chi connectivity index (χ3v) is 8.71. The van der Waals surface area contributed by atoms with Crippen molar-refractivity contribution in [1.29, 1.82) is 0 Å². The molecule has 8 heteroatoms. The summed E-state index contributed by atoms with van der Waals surface area (Å²) < 4.78 is 0. The van der Waals surface area contributed by atoms with E-state index in [0.29, 0.717) is 24.0 Å². The molecule has 6 atom stereocenters. The smallest absolute Gasteiger partial charge is 0.303 e. The number of carboxylic acids is 1. The van der Waals surface area contributed by atoms with Crippen LogP contribution in [0.1, 0.15) is 52.5 Å². The maximum Gasteiger partial charge on any atom is 0.303 e. The second kappa shape index (κ2) is 11.8. The molecule has 0 unspecified atom stereocenters. The Balaban J connectivity index is 1.78. The van der Waals surface area contributed by atoms with Crippen molar-refractivity contribution in [2.24, 2.45) is 23.2 Å². The lowest BCUT2D eigenvalue weighted by molar-refractivity contribution is -0.149. The molecule has 1 saturated heterocycles. The summed E-state index contributed by atoms with van der Waals surface area (Å²) >= 11 is 0. The number of rotatable bonds is 11. The summed E-state index contributed by atoms with van der Waals surface area (Å²) in [5.74, 6) is -3.44. The second-order valence-corrected chi connectivity index (χ2v) is 11.3. The number of hydrogen-bond acceptors (Lipinski definition) is 5. The quantitative estimate of drug-likeness (QED) is 0.144. The van der Waals surface area contributed by atoms with Crippen molar-refractivity contribution < 1.29 is 29.4 Å². The van der Waals surface area contributed by atoms with Crippen molar-refractivity contribution >= 4 is 34.8 Å². The molecule has 2 heterocycles. The lowest BCUT2D eigenvalue weighted by Gasteiger charge is -2.46. The van der Waals surface area contributed by atoms with Crippen LogP contribution in [-0.4, -0.2) is 51.3 Å². The van der Waals surface area contributed by atoms with E-state index >= 15 is 0 Å². The van der Waals surface area contributed by atoms with Gasteiger partial charge in [-0.05, 0) is 62.3 Å². The molecule has 1 aromatic heterocycles. The highest BCUT2D eigenvalue weighted by Gasteiger charge is 2.66. The molecular formula is C32H38N2O6. The molecule has 1 fully saturated rings.